The Morgan fingerprint density at radius 3 is 2.43 bits per heavy atom. The third-order valence-corrected chi connectivity index (χ3v) is 7.31. The van der Waals surface area contributed by atoms with Crippen LogP contribution in [0.15, 0.2) is 54.7 Å². The first-order chi connectivity index (χ1) is 10.9. The van der Waals surface area contributed by atoms with E-state index in [1.165, 1.54) is 12.1 Å². The van der Waals surface area contributed by atoms with Crippen molar-refractivity contribution in [1.29, 1.82) is 0 Å². The molecular formula is C16H15Cl2NO3Si. The maximum absolute atomic E-state index is 11.2. The molecule has 2 aromatic rings. The molecule has 0 saturated carbocycles. The summed E-state index contributed by atoms with van der Waals surface area (Å²) in [6, 6.07) is 12.4. The minimum atomic E-state index is -2.41. The summed E-state index contributed by atoms with van der Waals surface area (Å²) in [4.78, 5) is 10.7. The van der Waals surface area contributed by atoms with Crippen molar-refractivity contribution in [2.45, 2.75) is 13.2 Å². The molecule has 0 heterocycles. The molecule has 0 saturated heterocycles. The third kappa shape index (κ3) is 4.00. The van der Waals surface area contributed by atoms with Gasteiger partial charge in [-0.25, -0.2) is 0 Å². The molecule has 0 aliphatic rings. The van der Waals surface area contributed by atoms with E-state index < -0.39 is 13.2 Å². The molecule has 0 amide bonds. The average molecular weight is 368 g/mol. The monoisotopic (exact) mass is 367 g/mol. The lowest BCUT2D eigenvalue weighted by molar-refractivity contribution is -0.385. The fourth-order valence-corrected chi connectivity index (χ4v) is 4.29. The molecule has 0 aromatic heterocycles. The summed E-state index contributed by atoms with van der Waals surface area (Å²) in [7, 11) is -2.41. The Morgan fingerprint density at radius 1 is 1.26 bits per heavy atom. The number of hydrogen-bond acceptors (Lipinski definition) is 3. The molecule has 0 spiro atoms. The van der Waals surface area contributed by atoms with Gasteiger partial charge in [-0.2, -0.15) is 0 Å². The van der Waals surface area contributed by atoms with E-state index in [1.807, 2.05) is 36.9 Å². The van der Waals surface area contributed by atoms with Gasteiger partial charge in [-0.1, -0.05) is 59.2 Å². The molecule has 0 aliphatic heterocycles. The predicted octanol–water partition coefficient (Wildman–Crippen LogP) is 4.63. The van der Waals surface area contributed by atoms with E-state index in [2.05, 4.69) is 6.58 Å². The normalized spacial score (nSPS) is 13.3. The fraction of sp³-hybridized carbons (Fsp3) is 0.125. The fourth-order valence-electron chi connectivity index (χ4n) is 2.12. The highest BCUT2D eigenvalue weighted by Gasteiger charge is 2.29. The standard InChI is InChI=1S/C16H15Cl2NO3Si/c1-3-23(2,13-7-5-4-6-8-13)22-11-12-9-14(17)15(18)10-16(12)19(20)21/h3-10H,1,11H2,2H3. The molecular weight excluding hydrogens is 353 g/mol. The zero-order valence-electron chi connectivity index (χ0n) is 12.5. The minimum Gasteiger partial charge on any atom is -0.404 e. The largest absolute Gasteiger partial charge is 0.404 e. The Balaban J connectivity index is 2.31. The summed E-state index contributed by atoms with van der Waals surface area (Å²) in [5.41, 5.74) is 2.08. The molecule has 7 heteroatoms. The first-order valence-electron chi connectivity index (χ1n) is 6.83. The Labute approximate surface area is 145 Å². The molecule has 2 rings (SSSR count). The summed E-state index contributed by atoms with van der Waals surface area (Å²) in [6.45, 7) is 5.92. The number of hydrogen-bond donors (Lipinski definition) is 0. The minimum absolute atomic E-state index is 0.0663. The third-order valence-electron chi connectivity index (χ3n) is 3.58. The van der Waals surface area contributed by atoms with E-state index in [0.29, 0.717) is 5.56 Å². The van der Waals surface area contributed by atoms with Gasteiger partial charge in [-0.15, -0.1) is 6.58 Å². The smallest absolute Gasteiger partial charge is 0.276 e. The maximum Gasteiger partial charge on any atom is 0.276 e. The number of nitro benzene ring substituents is 1. The van der Waals surface area contributed by atoms with Gasteiger partial charge < -0.3 is 4.43 Å². The second-order valence-electron chi connectivity index (χ2n) is 5.12. The van der Waals surface area contributed by atoms with E-state index in [4.69, 9.17) is 27.6 Å². The van der Waals surface area contributed by atoms with Crippen molar-refractivity contribution in [1.82, 2.24) is 0 Å². The van der Waals surface area contributed by atoms with Gasteiger partial charge in [0.25, 0.3) is 5.69 Å². The molecule has 0 fully saturated rings. The van der Waals surface area contributed by atoms with Crippen LogP contribution in [0.2, 0.25) is 16.6 Å². The molecule has 0 bridgehead atoms. The van der Waals surface area contributed by atoms with E-state index in [-0.39, 0.29) is 22.3 Å². The first-order valence-corrected chi connectivity index (χ1v) is 10.1. The molecule has 0 N–H and O–H groups in total. The molecule has 1 unspecified atom stereocenters. The van der Waals surface area contributed by atoms with E-state index in [0.717, 1.165) is 5.19 Å². The van der Waals surface area contributed by atoms with Crippen LogP contribution in [0.4, 0.5) is 5.69 Å². The van der Waals surface area contributed by atoms with Crippen molar-refractivity contribution in [3.8, 4) is 0 Å². The summed E-state index contributed by atoms with van der Waals surface area (Å²) in [5.74, 6) is 0. The van der Waals surface area contributed by atoms with Crippen molar-refractivity contribution >= 4 is 42.4 Å². The maximum atomic E-state index is 11.2. The zero-order valence-corrected chi connectivity index (χ0v) is 15.0. The zero-order chi connectivity index (χ0) is 17.0. The van der Waals surface area contributed by atoms with Crippen molar-refractivity contribution in [2.75, 3.05) is 0 Å². The lowest BCUT2D eigenvalue weighted by Crippen LogP contribution is -2.46. The van der Waals surface area contributed by atoms with Crippen LogP contribution in [0.25, 0.3) is 0 Å². The lowest BCUT2D eigenvalue weighted by Gasteiger charge is -2.24. The van der Waals surface area contributed by atoms with Crippen LogP contribution in [-0.2, 0) is 11.0 Å². The Bertz CT molecular complexity index is 740. The highest BCUT2D eigenvalue weighted by atomic mass is 35.5. The van der Waals surface area contributed by atoms with Crippen LogP contribution < -0.4 is 5.19 Å². The summed E-state index contributed by atoms with van der Waals surface area (Å²) in [5, 5.41) is 12.6. The quantitative estimate of drug-likeness (QED) is 0.425. The van der Waals surface area contributed by atoms with E-state index >= 15 is 0 Å². The van der Waals surface area contributed by atoms with E-state index in [9.17, 15) is 10.1 Å². The van der Waals surface area contributed by atoms with Crippen LogP contribution in [0.5, 0.6) is 0 Å². The second-order valence-corrected chi connectivity index (χ2v) is 9.42. The average Bonchev–Trinajstić information content (AvgIpc) is 2.55. The second kappa shape index (κ2) is 7.27. The van der Waals surface area contributed by atoms with Crippen LogP contribution in [0, 0.1) is 10.1 Å². The van der Waals surface area contributed by atoms with Crippen molar-refractivity contribution < 1.29 is 9.35 Å². The predicted molar refractivity (Wildman–Crippen MR) is 95.8 cm³/mol. The first kappa shape index (κ1) is 17.7. The summed E-state index contributed by atoms with van der Waals surface area (Å²) < 4.78 is 6.05. The lowest BCUT2D eigenvalue weighted by atomic mass is 10.2. The number of halogens is 2. The van der Waals surface area contributed by atoms with E-state index in [1.54, 1.807) is 5.70 Å². The van der Waals surface area contributed by atoms with Gasteiger partial charge in [0.1, 0.15) is 0 Å². The van der Waals surface area contributed by atoms with Gasteiger partial charge >= 0.3 is 0 Å². The topological polar surface area (TPSA) is 52.4 Å². The van der Waals surface area contributed by atoms with Gasteiger partial charge in [0.15, 0.2) is 0 Å². The van der Waals surface area contributed by atoms with Crippen LogP contribution in [-0.4, -0.2) is 13.2 Å². The highest BCUT2D eigenvalue weighted by molar-refractivity contribution is 6.89. The van der Waals surface area contributed by atoms with Gasteiger partial charge in [0.2, 0.25) is 8.32 Å². The van der Waals surface area contributed by atoms with Crippen LogP contribution >= 0.6 is 23.2 Å². The Kier molecular flexibility index (Phi) is 5.59. The summed E-state index contributed by atoms with van der Waals surface area (Å²) in [6.07, 6.45) is 0. The Morgan fingerprint density at radius 2 is 1.87 bits per heavy atom. The van der Waals surface area contributed by atoms with Gasteiger partial charge in [0.05, 0.1) is 27.1 Å². The summed E-state index contributed by atoms with van der Waals surface area (Å²) >= 11 is 11.8. The van der Waals surface area contributed by atoms with Gasteiger partial charge in [0, 0.05) is 6.07 Å². The number of rotatable bonds is 6. The van der Waals surface area contributed by atoms with Gasteiger partial charge in [-0.3, -0.25) is 10.1 Å². The molecule has 120 valence electrons. The Hall–Kier alpha value is -1.66. The molecule has 1 atom stereocenters. The molecule has 23 heavy (non-hydrogen) atoms. The molecule has 0 radical (unpaired) electrons. The SMILES string of the molecule is C=C[Si](C)(OCc1cc(Cl)c(Cl)cc1[N+](=O)[O-])c1ccccc1. The number of nitrogens with zero attached hydrogens (tertiary/aromatic N) is 1. The van der Waals surface area contributed by atoms with Gasteiger partial charge in [-0.05, 0) is 17.8 Å². The number of benzene rings is 2. The van der Waals surface area contributed by atoms with Crippen LogP contribution in [0.3, 0.4) is 0 Å². The highest BCUT2D eigenvalue weighted by Crippen LogP contribution is 2.31. The molecule has 0 aliphatic carbocycles. The van der Waals surface area contributed by atoms with Crippen molar-refractivity contribution in [3.63, 3.8) is 0 Å². The molecule has 4 nitrogen and oxygen atoms in total. The molecule has 2 aromatic carbocycles. The number of nitro groups is 1. The van der Waals surface area contributed by atoms with Crippen LogP contribution in [0.1, 0.15) is 5.56 Å². The van der Waals surface area contributed by atoms with Crippen molar-refractivity contribution in [3.05, 3.63) is 80.5 Å². The van der Waals surface area contributed by atoms with Crippen molar-refractivity contribution in [2.24, 2.45) is 0 Å².